The lowest BCUT2D eigenvalue weighted by atomic mass is 10.2. The highest BCUT2D eigenvalue weighted by Crippen LogP contribution is 2.38. The van der Waals surface area contributed by atoms with Crippen molar-refractivity contribution in [1.29, 1.82) is 0 Å². The van der Waals surface area contributed by atoms with E-state index in [1.807, 2.05) is 6.92 Å². The molecule has 0 fully saturated rings. The first-order chi connectivity index (χ1) is 11.2. The van der Waals surface area contributed by atoms with Gasteiger partial charge in [0.05, 0.1) is 30.6 Å². The molecule has 0 saturated heterocycles. The topological polar surface area (TPSA) is 82.3 Å². The van der Waals surface area contributed by atoms with Crippen molar-refractivity contribution in [1.82, 2.24) is 15.1 Å². The van der Waals surface area contributed by atoms with E-state index >= 15 is 0 Å². The number of aromatic nitrogens is 3. The summed E-state index contributed by atoms with van der Waals surface area (Å²) < 4.78 is 15.8. The lowest BCUT2D eigenvalue weighted by Gasteiger charge is -2.13. The highest BCUT2D eigenvalue weighted by atomic mass is 35.5. The number of hydrogen-bond donors (Lipinski definition) is 1. The molecule has 0 aliphatic carbocycles. The standard InChI is InChI=1S/C15H15ClN4O3/c1-4-9-13-14(17-7-18-15(13)23-20-9)19-10-5-8(16)11(21-2)6-12(10)22-3/h5-7H,4H2,1-3H3,(H,17,18,19). The molecule has 120 valence electrons. The van der Waals surface area contributed by atoms with E-state index in [-0.39, 0.29) is 0 Å². The van der Waals surface area contributed by atoms with Crippen LogP contribution >= 0.6 is 11.6 Å². The van der Waals surface area contributed by atoms with Gasteiger partial charge < -0.3 is 19.3 Å². The van der Waals surface area contributed by atoms with Gasteiger partial charge >= 0.3 is 0 Å². The number of halogens is 1. The number of anilines is 2. The normalized spacial score (nSPS) is 10.8. The molecule has 1 N–H and O–H groups in total. The second-order valence-electron chi connectivity index (χ2n) is 4.70. The largest absolute Gasteiger partial charge is 0.495 e. The molecule has 0 bridgehead atoms. The number of aryl methyl sites for hydroxylation is 1. The van der Waals surface area contributed by atoms with Gasteiger partial charge in [0, 0.05) is 6.07 Å². The van der Waals surface area contributed by atoms with Gasteiger partial charge in [0.2, 0.25) is 0 Å². The lowest BCUT2D eigenvalue weighted by molar-refractivity contribution is 0.396. The number of hydrogen-bond acceptors (Lipinski definition) is 7. The fraction of sp³-hybridized carbons (Fsp3) is 0.267. The van der Waals surface area contributed by atoms with Crippen molar-refractivity contribution in [3.63, 3.8) is 0 Å². The molecule has 8 heteroatoms. The zero-order valence-corrected chi connectivity index (χ0v) is 13.6. The van der Waals surface area contributed by atoms with E-state index in [0.717, 1.165) is 11.1 Å². The van der Waals surface area contributed by atoms with Gasteiger partial charge in [-0.2, -0.15) is 4.98 Å². The zero-order valence-electron chi connectivity index (χ0n) is 12.9. The van der Waals surface area contributed by atoms with Crippen molar-refractivity contribution < 1.29 is 14.0 Å². The second-order valence-corrected chi connectivity index (χ2v) is 5.10. The van der Waals surface area contributed by atoms with Crippen molar-refractivity contribution in [2.24, 2.45) is 0 Å². The van der Waals surface area contributed by atoms with Crippen LogP contribution in [0.3, 0.4) is 0 Å². The number of benzene rings is 1. The molecule has 0 unspecified atom stereocenters. The van der Waals surface area contributed by atoms with E-state index in [2.05, 4.69) is 20.4 Å². The van der Waals surface area contributed by atoms with E-state index in [9.17, 15) is 0 Å². The lowest BCUT2D eigenvalue weighted by Crippen LogP contribution is -1.99. The molecule has 2 heterocycles. The monoisotopic (exact) mass is 334 g/mol. The first-order valence-corrected chi connectivity index (χ1v) is 7.33. The summed E-state index contributed by atoms with van der Waals surface area (Å²) in [5.41, 5.74) is 1.86. The molecule has 0 saturated carbocycles. The fourth-order valence-electron chi connectivity index (χ4n) is 2.26. The molecule has 3 aromatic rings. The number of fused-ring (bicyclic) bond motifs is 1. The highest BCUT2D eigenvalue weighted by molar-refractivity contribution is 6.32. The van der Waals surface area contributed by atoms with Gasteiger partial charge in [-0.25, -0.2) is 4.98 Å². The minimum atomic E-state index is 0.429. The van der Waals surface area contributed by atoms with Crippen LogP contribution in [0.15, 0.2) is 23.0 Å². The first-order valence-electron chi connectivity index (χ1n) is 6.95. The Hall–Kier alpha value is -2.54. The average molecular weight is 335 g/mol. The molecule has 0 radical (unpaired) electrons. The summed E-state index contributed by atoms with van der Waals surface area (Å²) >= 11 is 6.20. The Balaban J connectivity index is 2.09. The van der Waals surface area contributed by atoms with E-state index in [4.69, 9.17) is 25.6 Å². The molecule has 0 atom stereocenters. The predicted octanol–water partition coefficient (Wildman–Crippen LogP) is 3.59. The molecule has 7 nitrogen and oxygen atoms in total. The molecule has 0 amide bonds. The molecule has 0 spiro atoms. The number of nitrogens with zero attached hydrogens (tertiary/aromatic N) is 3. The molecule has 23 heavy (non-hydrogen) atoms. The summed E-state index contributed by atoms with van der Waals surface area (Å²) in [4.78, 5) is 8.36. The van der Waals surface area contributed by atoms with Gasteiger partial charge in [-0.3, -0.25) is 0 Å². The average Bonchev–Trinajstić information content (AvgIpc) is 2.99. The number of methoxy groups -OCH3 is 2. The summed E-state index contributed by atoms with van der Waals surface area (Å²) in [6.07, 6.45) is 2.11. The van der Waals surface area contributed by atoms with Crippen LogP contribution in [-0.4, -0.2) is 29.3 Å². The first kappa shape index (κ1) is 15.4. The number of nitrogens with one attached hydrogen (secondary N) is 1. The maximum atomic E-state index is 6.20. The fourth-order valence-corrected chi connectivity index (χ4v) is 2.50. The molecular formula is C15H15ClN4O3. The molecule has 3 rings (SSSR count). The van der Waals surface area contributed by atoms with Crippen LogP contribution in [0.4, 0.5) is 11.5 Å². The number of rotatable bonds is 5. The summed E-state index contributed by atoms with van der Waals surface area (Å²) in [7, 11) is 3.12. The molecule has 1 aromatic carbocycles. The summed E-state index contributed by atoms with van der Waals surface area (Å²) in [6.45, 7) is 1.99. The van der Waals surface area contributed by atoms with Crippen LogP contribution in [0.25, 0.3) is 11.1 Å². The Kier molecular flexibility index (Phi) is 4.20. The van der Waals surface area contributed by atoms with Crippen LogP contribution in [0, 0.1) is 0 Å². The van der Waals surface area contributed by atoms with E-state index in [1.54, 1.807) is 26.4 Å². The highest BCUT2D eigenvalue weighted by Gasteiger charge is 2.16. The van der Waals surface area contributed by atoms with E-state index in [1.165, 1.54) is 6.33 Å². The molecule has 0 aliphatic heterocycles. The minimum Gasteiger partial charge on any atom is -0.495 e. The van der Waals surface area contributed by atoms with Crippen LogP contribution in [-0.2, 0) is 6.42 Å². The molecular weight excluding hydrogens is 320 g/mol. The maximum Gasteiger partial charge on any atom is 0.263 e. The third-order valence-electron chi connectivity index (χ3n) is 3.41. The van der Waals surface area contributed by atoms with Gasteiger partial charge in [-0.05, 0) is 12.5 Å². The van der Waals surface area contributed by atoms with Crippen molar-refractivity contribution in [3.8, 4) is 11.5 Å². The minimum absolute atomic E-state index is 0.429. The number of ether oxygens (including phenoxy) is 2. The summed E-state index contributed by atoms with van der Waals surface area (Å²) in [5, 5.41) is 8.41. The van der Waals surface area contributed by atoms with Crippen molar-refractivity contribution in [2.75, 3.05) is 19.5 Å². The molecule has 2 aromatic heterocycles. The Morgan fingerprint density at radius 2 is 1.96 bits per heavy atom. The Bertz CT molecular complexity index is 850. The summed E-state index contributed by atoms with van der Waals surface area (Å²) in [5.74, 6) is 1.68. The van der Waals surface area contributed by atoms with Crippen molar-refractivity contribution >= 4 is 34.2 Å². The maximum absolute atomic E-state index is 6.20. The predicted molar refractivity (Wildman–Crippen MR) is 86.8 cm³/mol. The van der Waals surface area contributed by atoms with Crippen molar-refractivity contribution in [3.05, 3.63) is 29.2 Å². The second kappa shape index (κ2) is 6.29. The Morgan fingerprint density at radius 3 is 2.65 bits per heavy atom. The van der Waals surface area contributed by atoms with Gasteiger partial charge in [-0.1, -0.05) is 23.7 Å². The Labute approximate surface area is 137 Å². The van der Waals surface area contributed by atoms with Gasteiger partial charge in [0.15, 0.2) is 0 Å². The van der Waals surface area contributed by atoms with Crippen molar-refractivity contribution in [2.45, 2.75) is 13.3 Å². The summed E-state index contributed by atoms with van der Waals surface area (Å²) in [6, 6.07) is 3.42. The van der Waals surface area contributed by atoms with Gasteiger partial charge in [0.1, 0.15) is 29.0 Å². The van der Waals surface area contributed by atoms with Gasteiger partial charge in [0.25, 0.3) is 5.71 Å². The van der Waals surface area contributed by atoms with Crippen LogP contribution < -0.4 is 14.8 Å². The van der Waals surface area contributed by atoms with Crippen LogP contribution in [0.5, 0.6) is 11.5 Å². The zero-order chi connectivity index (χ0) is 16.4. The third kappa shape index (κ3) is 2.75. The Morgan fingerprint density at radius 1 is 1.17 bits per heavy atom. The van der Waals surface area contributed by atoms with Gasteiger partial charge in [-0.15, -0.1) is 0 Å². The van der Waals surface area contributed by atoms with Crippen LogP contribution in [0.1, 0.15) is 12.6 Å². The van der Waals surface area contributed by atoms with E-state index in [0.29, 0.717) is 40.2 Å². The van der Waals surface area contributed by atoms with Crippen LogP contribution in [0.2, 0.25) is 5.02 Å². The SMILES string of the molecule is CCc1noc2ncnc(Nc3cc(Cl)c(OC)cc3OC)c12. The molecule has 0 aliphatic rings. The smallest absolute Gasteiger partial charge is 0.263 e. The quantitative estimate of drug-likeness (QED) is 0.763. The third-order valence-corrected chi connectivity index (χ3v) is 3.70. The van der Waals surface area contributed by atoms with E-state index < -0.39 is 0 Å².